The molecule has 0 spiro atoms. The highest BCUT2D eigenvalue weighted by molar-refractivity contribution is 14.1. The van der Waals surface area contributed by atoms with E-state index in [4.69, 9.17) is 4.42 Å². The third kappa shape index (κ3) is 2.24. The predicted molar refractivity (Wildman–Crippen MR) is 91.3 cm³/mol. The summed E-state index contributed by atoms with van der Waals surface area (Å²) in [5, 5.41) is 3.99. The van der Waals surface area contributed by atoms with Crippen molar-refractivity contribution in [1.29, 1.82) is 0 Å². The minimum atomic E-state index is -0.225. The largest absolute Gasteiger partial charge is 0.426 e. The van der Waals surface area contributed by atoms with Gasteiger partial charge in [0.2, 0.25) is 0 Å². The molecule has 0 N–H and O–H groups in total. The van der Waals surface area contributed by atoms with Crippen molar-refractivity contribution >= 4 is 44.1 Å². The molecule has 0 atom stereocenters. The predicted octanol–water partition coefficient (Wildman–Crippen LogP) is 4.89. The molecule has 0 aliphatic carbocycles. The van der Waals surface area contributed by atoms with Crippen molar-refractivity contribution in [2.24, 2.45) is 0 Å². The summed E-state index contributed by atoms with van der Waals surface area (Å²) in [4.78, 5) is 12.2. The molecule has 0 aliphatic heterocycles. The lowest BCUT2D eigenvalue weighted by atomic mass is 10.0. The van der Waals surface area contributed by atoms with Gasteiger partial charge in [-0.1, -0.05) is 43.7 Å². The third-order valence-electron chi connectivity index (χ3n) is 3.59. The molecule has 1 heterocycles. The Labute approximate surface area is 130 Å². The number of benzene rings is 2. The Morgan fingerprint density at radius 3 is 2.70 bits per heavy atom. The minimum absolute atomic E-state index is 0.225. The van der Waals surface area contributed by atoms with Crippen molar-refractivity contribution < 1.29 is 4.42 Å². The average Bonchev–Trinajstić information content (AvgIpc) is 2.48. The van der Waals surface area contributed by atoms with Gasteiger partial charge in [-0.25, -0.2) is 4.79 Å². The van der Waals surface area contributed by atoms with Gasteiger partial charge < -0.3 is 4.42 Å². The molecule has 102 valence electrons. The van der Waals surface area contributed by atoms with Crippen molar-refractivity contribution in [1.82, 2.24) is 0 Å². The van der Waals surface area contributed by atoms with Gasteiger partial charge in [-0.15, -0.1) is 0 Å². The van der Waals surface area contributed by atoms with Crippen molar-refractivity contribution in [3.05, 3.63) is 56.1 Å². The molecule has 0 radical (unpaired) electrons. The quantitative estimate of drug-likeness (QED) is 0.480. The monoisotopic (exact) mass is 378 g/mol. The molecule has 1 aromatic heterocycles. The molecule has 3 aromatic rings. The standard InChI is InChI=1S/C17H15IO2/c1-2-3-8-14-16(18)15-12-7-5-4-6-11(12)9-10-13(15)17(19)20-14/h4-7,9-10H,2-3,8H2,1H3. The first-order chi connectivity index (χ1) is 9.72. The number of aryl methyl sites for hydroxylation is 1. The molecule has 0 saturated carbocycles. The molecule has 0 bridgehead atoms. The van der Waals surface area contributed by atoms with Crippen LogP contribution in [0, 0.1) is 3.57 Å². The van der Waals surface area contributed by atoms with Crippen molar-refractivity contribution in [3.63, 3.8) is 0 Å². The van der Waals surface area contributed by atoms with Gasteiger partial charge in [0, 0.05) is 11.8 Å². The van der Waals surface area contributed by atoms with Gasteiger partial charge in [0.25, 0.3) is 0 Å². The maximum absolute atomic E-state index is 12.2. The van der Waals surface area contributed by atoms with E-state index < -0.39 is 0 Å². The second-order valence-electron chi connectivity index (χ2n) is 4.94. The summed E-state index contributed by atoms with van der Waals surface area (Å²) in [5.41, 5.74) is -0.225. The van der Waals surface area contributed by atoms with Crippen LogP contribution in [0.15, 0.2) is 45.6 Å². The van der Waals surface area contributed by atoms with Crippen LogP contribution in [0.5, 0.6) is 0 Å². The van der Waals surface area contributed by atoms with Crippen LogP contribution in [-0.4, -0.2) is 0 Å². The third-order valence-corrected chi connectivity index (χ3v) is 4.73. The molecular formula is C17H15IO2. The number of hydrogen-bond donors (Lipinski definition) is 0. The topological polar surface area (TPSA) is 30.2 Å². The van der Waals surface area contributed by atoms with E-state index in [9.17, 15) is 4.79 Å². The normalized spacial score (nSPS) is 11.3. The Kier molecular flexibility index (Phi) is 3.78. The maximum Gasteiger partial charge on any atom is 0.343 e. The van der Waals surface area contributed by atoms with Gasteiger partial charge in [0.15, 0.2) is 0 Å². The Morgan fingerprint density at radius 2 is 1.90 bits per heavy atom. The van der Waals surface area contributed by atoms with E-state index in [0.717, 1.165) is 44.8 Å². The number of hydrogen-bond acceptors (Lipinski definition) is 2. The SMILES string of the molecule is CCCCc1oc(=O)c2ccc3ccccc3c2c1I. The van der Waals surface area contributed by atoms with Crippen LogP contribution in [0.25, 0.3) is 21.5 Å². The summed E-state index contributed by atoms with van der Waals surface area (Å²) in [6.07, 6.45) is 2.95. The van der Waals surface area contributed by atoms with E-state index in [2.05, 4.69) is 41.6 Å². The number of unbranched alkanes of at least 4 members (excludes halogenated alkanes) is 1. The van der Waals surface area contributed by atoms with Crippen molar-refractivity contribution in [2.75, 3.05) is 0 Å². The van der Waals surface area contributed by atoms with Crippen LogP contribution in [0.3, 0.4) is 0 Å². The molecule has 0 fully saturated rings. The van der Waals surface area contributed by atoms with Crippen LogP contribution in [-0.2, 0) is 6.42 Å². The zero-order valence-electron chi connectivity index (χ0n) is 11.3. The Hall–Kier alpha value is -1.36. The molecule has 3 rings (SSSR count). The van der Waals surface area contributed by atoms with Crippen LogP contribution in [0.4, 0.5) is 0 Å². The van der Waals surface area contributed by atoms with Gasteiger partial charge in [0.05, 0.1) is 8.96 Å². The summed E-state index contributed by atoms with van der Waals surface area (Å²) in [7, 11) is 0. The molecule has 0 unspecified atom stereocenters. The van der Waals surface area contributed by atoms with E-state index in [-0.39, 0.29) is 5.63 Å². The van der Waals surface area contributed by atoms with Crippen molar-refractivity contribution in [3.8, 4) is 0 Å². The zero-order chi connectivity index (χ0) is 14.1. The van der Waals surface area contributed by atoms with Crippen LogP contribution >= 0.6 is 22.6 Å². The van der Waals surface area contributed by atoms with Gasteiger partial charge in [-0.05, 0) is 45.9 Å². The average molecular weight is 378 g/mol. The lowest BCUT2D eigenvalue weighted by molar-refractivity contribution is 0.456. The summed E-state index contributed by atoms with van der Waals surface area (Å²) < 4.78 is 6.58. The summed E-state index contributed by atoms with van der Waals surface area (Å²) in [6.45, 7) is 2.14. The Balaban J connectivity index is 2.40. The second kappa shape index (κ2) is 5.56. The summed E-state index contributed by atoms with van der Waals surface area (Å²) >= 11 is 2.31. The van der Waals surface area contributed by atoms with Crippen molar-refractivity contribution in [2.45, 2.75) is 26.2 Å². The maximum atomic E-state index is 12.2. The number of rotatable bonds is 3. The summed E-state index contributed by atoms with van der Waals surface area (Å²) in [5.74, 6) is 0.821. The fourth-order valence-electron chi connectivity index (χ4n) is 2.53. The number of fused-ring (bicyclic) bond motifs is 3. The first kappa shape index (κ1) is 13.6. The molecule has 3 heteroatoms. The minimum Gasteiger partial charge on any atom is -0.426 e. The first-order valence-corrected chi connectivity index (χ1v) is 7.93. The van der Waals surface area contributed by atoms with E-state index in [1.807, 2.05) is 24.3 Å². The van der Waals surface area contributed by atoms with Crippen LogP contribution in [0.2, 0.25) is 0 Å². The van der Waals surface area contributed by atoms with Gasteiger partial charge in [-0.3, -0.25) is 0 Å². The molecule has 0 amide bonds. The lowest BCUT2D eigenvalue weighted by Gasteiger charge is -2.08. The molecule has 2 nitrogen and oxygen atoms in total. The van der Waals surface area contributed by atoms with E-state index in [1.165, 1.54) is 0 Å². The zero-order valence-corrected chi connectivity index (χ0v) is 13.4. The molecule has 20 heavy (non-hydrogen) atoms. The fraction of sp³-hybridized carbons (Fsp3) is 0.235. The first-order valence-electron chi connectivity index (χ1n) is 6.85. The van der Waals surface area contributed by atoms with Gasteiger partial charge >= 0.3 is 5.63 Å². The van der Waals surface area contributed by atoms with E-state index in [0.29, 0.717) is 5.39 Å². The van der Waals surface area contributed by atoms with Gasteiger partial charge in [-0.2, -0.15) is 0 Å². The molecule has 2 aromatic carbocycles. The number of halogens is 1. The highest BCUT2D eigenvalue weighted by Gasteiger charge is 2.13. The van der Waals surface area contributed by atoms with Crippen LogP contribution in [0.1, 0.15) is 25.5 Å². The van der Waals surface area contributed by atoms with E-state index in [1.54, 1.807) is 0 Å². The highest BCUT2D eigenvalue weighted by Crippen LogP contribution is 2.30. The Morgan fingerprint density at radius 1 is 1.10 bits per heavy atom. The van der Waals surface area contributed by atoms with E-state index >= 15 is 0 Å². The van der Waals surface area contributed by atoms with Crippen LogP contribution < -0.4 is 5.63 Å². The summed E-state index contributed by atoms with van der Waals surface area (Å²) in [6, 6.07) is 12.0. The molecule has 0 aliphatic rings. The fourth-order valence-corrected chi connectivity index (χ4v) is 3.49. The lowest BCUT2D eigenvalue weighted by Crippen LogP contribution is -2.05. The molecule has 0 saturated heterocycles. The highest BCUT2D eigenvalue weighted by atomic mass is 127. The van der Waals surface area contributed by atoms with Gasteiger partial charge in [0.1, 0.15) is 5.76 Å². The molecular weight excluding hydrogens is 363 g/mol. The Bertz CT molecular complexity index is 833. The smallest absolute Gasteiger partial charge is 0.343 e. The second-order valence-corrected chi connectivity index (χ2v) is 6.02.